The molecule has 0 aliphatic heterocycles. The second-order valence-corrected chi connectivity index (χ2v) is 17.5. The van der Waals surface area contributed by atoms with Crippen LogP contribution in [0.5, 0.6) is 0 Å². The Morgan fingerprint density at radius 2 is 0.558 bits per heavy atom. The molecular weight excluding hydrogens is 625 g/mol. The van der Waals surface area contributed by atoms with Gasteiger partial charge in [0.2, 0.25) is 0 Å². The molecule has 2 unspecified atom stereocenters. The van der Waals surface area contributed by atoms with E-state index in [2.05, 4.69) is 204 Å². The zero-order chi connectivity index (χ0) is 37.5. The quantitative estimate of drug-likeness (QED) is 0.147. The number of benzene rings is 6. The first kappa shape index (κ1) is 37.1. The van der Waals surface area contributed by atoms with Crippen LogP contribution in [0, 0.1) is 41.5 Å². The molecule has 0 aliphatic carbocycles. The van der Waals surface area contributed by atoms with Gasteiger partial charge in [-0.1, -0.05) is 174 Å². The molecular formula is C52H58. The van der Waals surface area contributed by atoms with Crippen LogP contribution in [0.25, 0.3) is 11.1 Å². The molecule has 0 saturated heterocycles. The van der Waals surface area contributed by atoms with Gasteiger partial charge in [-0.2, -0.15) is 0 Å². The maximum Gasteiger partial charge on any atom is 0.0345 e. The summed E-state index contributed by atoms with van der Waals surface area (Å²) < 4.78 is 0. The van der Waals surface area contributed by atoms with Crippen LogP contribution in [0.2, 0.25) is 0 Å². The highest BCUT2D eigenvalue weighted by Crippen LogP contribution is 2.41. The van der Waals surface area contributed by atoms with Crippen molar-refractivity contribution in [3.63, 3.8) is 0 Å². The summed E-state index contributed by atoms with van der Waals surface area (Å²) in [6.45, 7) is 27.3. The van der Waals surface area contributed by atoms with E-state index < -0.39 is 0 Å². The number of hydrogen-bond acceptors (Lipinski definition) is 0. The average Bonchev–Trinajstić information content (AvgIpc) is 3.08. The van der Waals surface area contributed by atoms with Gasteiger partial charge in [0.15, 0.2) is 0 Å². The standard InChI is InChI=1S/C52H58/c1-33-13-17-41(18-14-33)49(47-35(3)29-45(30-36(47)4)51(7,8)9)43-25-21-39(22-26-43)40-23-27-44(28-24-40)50(42-19-15-34(2)16-20-42)48-37(5)31-46(32-38(48)6)52(10,11)12/h13-32,49-50H,1-12H3. The maximum absolute atomic E-state index is 2.41. The summed E-state index contributed by atoms with van der Waals surface area (Å²) in [5.41, 5.74) is 21.6. The number of aryl methyl sites for hydroxylation is 6. The largest absolute Gasteiger partial charge is 0.0590 e. The van der Waals surface area contributed by atoms with E-state index in [0.29, 0.717) is 0 Å². The third-order valence-electron chi connectivity index (χ3n) is 11.1. The van der Waals surface area contributed by atoms with Gasteiger partial charge in [-0.25, -0.2) is 0 Å². The van der Waals surface area contributed by atoms with Gasteiger partial charge in [-0.05, 0) is 130 Å². The van der Waals surface area contributed by atoms with Gasteiger partial charge in [-0.3, -0.25) is 0 Å². The van der Waals surface area contributed by atoms with Crippen molar-refractivity contribution in [3.05, 3.63) is 199 Å². The molecule has 6 aromatic rings. The Morgan fingerprint density at radius 3 is 0.788 bits per heavy atom. The van der Waals surface area contributed by atoms with Crippen molar-refractivity contribution in [1.82, 2.24) is 0 Å². The fourth-order valence-corrected chi connectivity index (χ4v) is 8.03. The minimum absolute atomic E-state index is 0.110. The van der Waals surface area contributed by atoms with Gasteiger partial charge in [0.1, 0.15) is 0 Å². The van der Waals surface area contributed by atoms with Gasteiger partial charge < -0.3 is 0 Å². The van der Waals surface area contributed by atoms with Gasteiger partial charge in [0.25, 0.3) is 0 Å². The zero-order valence-electron chi connectivity index (χ0n) is 33.7. The van der Waals surface area contributed by atoms with Crippen molar-refractivity contribution >= 4 is 0 Å². The molecule has 2 atom stereocenters. The van der Waals surface area contributed by atoms with E-state index >= 15 is 0 Å². The lowest BCUT2D eigenvalue weighted by molar-refractivity contribution is 0.588. The second-order valence-electron chi connectivity index (χ2n) is 17.5. The van der Waals surface area contributed by atoms with Crippen LogP contribution >= 0.6 is 0 Å². The summed E-state index contributed by atoms with van der Waals surface area (Å²) in [4.78, 5) is 0. The molecule has 0 aromatic heterocycles. The van der Waals surface area contributed by atoms with E-state index in [1.165, 1.54) is 89.0 Å². The fraction of sp³-hybridized carbons (Fsp3) is 0.308. The molecule has 0 heterocycles. The zero-order valence-corrected chi connectivity index (χ0v) is 33.7. The van der Waals surface area contributed by atoms with Gasteiger partial charge in [0, 0.05) is 11.8 Å². The second kappa shape index (κ2) is 14.4. The van der Waals surface area contributed by atoms with Gasteiger partial charge >= 0.3 is 0 Å². The molecule has 0 radical (unpaired) electrons. The first-order valence-corrected chi connectivity index (χ1v) is 19.1. The maximum atomic E-state index is 2.41. The molecule has 0 saturated carbocycles. The lowest BCUT2D eigenvalue weighted by atomic mass is 9.77. The van der Waals surface area contributed by atoms with Crippen LogP contribution in [0.1, 0.15) is 131 Å². The van der Waals surface area contributed by atoms with Crippen LogP contribution in [0.3, 0.4) is 0 Å². The Balaban J connectivity index is 1.38. The molecule has 266 valence electrons. The summed E-state index contributed by atoms with van der Waals surface area (Å²) in [6, 6.07) is 46.5. The van der Waals surface area contributed by atoms with Crippen molar-refractivity contribution in [2.75, 3.05) is 0 Å². The molecule has 0 N–H and O–H groups in total. The Bertz CT molecular complexity index is 1950. The molecule has 6 aromatic carbocycles. The fourth-order valence-electron chi connectivity index (χ4n) is 8.03. The Labute approximate surface area is 315 Å². The van der Waals surface area contributed by atoms with Gasteiger partial charge in [-0.15, -0.1) is 0 Å². The topological polar surface area (TPSA) is 0 Å². The highest BCUT2D eigenvalue weighted by atomic mass is 14.3. The smallest absolute Gasteiger partial charge is 0.0345 e. The Kier molecular flexibility index (Phi) is 10.3. The highest BCUT2D eigenvalue weighted by molar-refractivity contribution is 5.66. The molecule has 0 heteroatoms. The van der Waals surface area contributed by atoms with Crippen molar-refractivity contribution in [2.45, 2.75) is 106 Å². The predicted octanol–water partition coefficient (Wildman–Crippen LogP) is 14.2. The molecule has 52 heavy (non-hydrogen) atoms. The summed E-state index contributed by atoms with van der Waals surface area (Å²) in [6.07, 6.45) is 0. The van der Waals surface area contributed by atoms with Crippen molar-refractivity contribution in [3.8, 4) is 11.1 Å². The first-order chi connectivity index (χ1) is 24.5. The van der Waals surface area contributed by atoms with E-state index in [4.69, 9.17) is 0 Å². The third kappa shape index (κ3) is 7.73. The van der Waals surface area contributed by atoms with E-state index in [1.54, 1.807) is 0 Å². The van der Waals surface area contributed by atoms with E-state index in [-0.39, 0.29) is 22.7 Å². The highest BCUT2D eigenvalue weighted by Gasteiger charge is 2.25. The van der Waals surface area contributed by atoms with Gasteiger partial charge in [0.05, 0.1) is 0 Å². The van der Waals surface area contributed by atoms with Crippen molar-refractivity contribution in [1.29, 1.82) is 0 Å². The van der Waals surface area contributed by atoms with E-state index in [9.17, 15) is 0 Å². The summed E-state index contributed by atoms with van der Waals surface area (Å²) in [5, 5.41) is 0. The molecule has 0 spiro atoms. The summed E-state index contributed by atoms with van der Waals surface area (Å²) in [5.74, 6) is 0.329. The van der Waals surface area contributed by atoms with Crippen LogP contribution < -0.4 is 0 Å². The van der Waals surface area contributed by atoms with E-state index in [1.807, 2.05) is 0 Å². The lowest BCUT2D eigenvalue weighted by Crippen LogP contribution is -2.14. The molecule has 0 bridgehead atoms. The minimum Gasteiger partial charge on any atom is -0.0590 e. The SMILES string of the molecule is Cc1ccc(C(c2ccc(-c3ccc(C(c4ccc(C)cc4)c4c(C)cc(C(C)(C)C)cc4C)cc3)cc2)c2c(C)cc(C(C)(C)C)cc2C)cc1. The molecule has 6 rings (SSSR count). The molecule has 0 aliphatic rings. The molecule has 0 nitrogen and oxygen atoms in total. The van der Waals surface area contributed by atoms with Crippen molar-refractivity contribution < 1.29 is 0 Å². The van der Waals surface area contributed by atoms with Crippen LogP contribution in [0.15, 0.2) is 121 Å². The lowest BCUT2D eigenvalue weighted by Gasteiger charge is -2.27. The van der Waals surface area contributed by atoms with Crippen LogP contribution in [-0.2, 0) is 10.8 Å². The summed E-state index contributed by atoms with van der Waals surface area (Å²) >= 11 is 0. The van der Waals surface area contributed by atoms with Crippen molar-refractivity contribution in [2.24, 2.45) is 0 Å². The minimum atomic E-state index is 0.110. The van der Waals surface area contributed by atoms with Crippen LogP contribution in [-0.4, -0.2) is 0 Å². The van der Waals surface area contributed by atoms with E-state index in [0.717, 1.165) is 0 Å². The third-order valence-corrected chi connectivity index (χ3v) is 11.1. The molecule has 0 fully saturated rings. The monoisotopic (exact) mass is 682 g/mol. The normalized spacial score (nSPS) is 13.2. The van der Waals surface area contributed by atoms with Crippen LogP contribution in [0.4, 0.5) is 0 Å². The number of hydrogen-bond donors (Lipinski definition) is 0. The molecule has 0 amide bonds. The Morgan fingerprint density at radius 1 is 0.327 bits per heavy atom. The predicted molar refractivity (Wildman–Crippen MR) is 225 cm³/mol. The summed E-state index contributed by atoms with van der Waals surface area (Å²) in [7, 11) is 0. The average molecular weight is 683 g/mol. The first-order valence-electron chi connectivity index (χ1n) is 19.1. The number of rotatable bonds is 7. The Hall–Kier alpha value is -4.68.